The van der Waals surface area contributed by atoms with Gasteiger partial charge in [0.25, 0.3) is 0 Å². The van der Waals surface area contributed by atoms with Crippen LogP contribution in [0.15, 0.2) is 16.3 Å². The van der Waals surface area contributed by atoms with Crippen molar-refractivity contribution >= 4 is 21.4 Å². The Hall–Kier alpha value is -0.430. The van der Waals surface area contributed by atoms with Crippen LogP contribution in [-0.2, 0) is 16.4 Å². The van der Waals surface area contributed by atoms with Gasteiger partial charge < -0.3 is 5.32 Å². The quantitative estimate of drug-likeness (QED) is 0.801. The maximum atomic E-state index is 12.1. The van der Waals surface area contributed by atoms with E-state index in [2.05, 4.69) is 10.0 Å². The van der Waals surface area contributed by atoms with Gasteiger partial charge >= 0.3 is 0 Å². The Balaban J connectivity index is 2.01. The zero-order valence-corrected chi connectivity index (χ0v) is 12.4. The molecule has 18 heavy (non-hydrogen) atoms. The van der Waals surface area contributed by atoms with Crippen LogP contribution in [0.5, 0.6) is 0 Å². The molecule has 0 saturated heterocycles. The SMILES string of the molecule is CNCCc1ccc(S(=O)(=O)NC(C)C2CC2)s1. The van der Waals surface area contributed by atoms with Crippen molar-refractivity contribution in [3.8, 4) is 0 Å². The van der Waals surface area contributed by atoms with Crippen LogP contribution >= 0.6 is 11.3 Å². The lowest BCUT2D eigenvalue weighted by molar-refractivity contribution is 0.539. The van der Waals surface area contributed by atoms with Gasteiger partial charge in [-0.05, 0) is 57.8 Å². The van der Waals surface area contributed by atoms with E-state index >= 15 is 0 Å². The summed E-state index contributed by atoms with van der Waals surface area (Å²) < 4.78 is 27.5. The Morgan fingerprint density at radius 2 is 2.17 bits per heavy atom. The average molecular weight is 288 g/mol. The topological polar surface area (TPSA) is 58.2 Å². The van der Waals surface area contributed by atoms with Gasteiger partial charge in [-0.15, -0.1) is 11.3 Å². The number of thiophene rings is 1. The average Bonchev–Trinajstić information content (AvgIpc) is 3.05. The van der Waals surface area contributed by atoms with E-state index in [0.717, 1.165) is 30.7 Å². The zero-order valence-electron chi connectivity index (χ0n) is 10.8. The lowest BCUT2D eigenvalue weighted by atomic mass is 10.2. The predicted molar refractivity (Wildman–Crippen MR) is 74.5 cm³/mol. The fraction of sp³-hybridized carbons (Fsp3) is 0.667. The van der Waals surface area contributed by atoms with Crippen LogP contribution in [0, 0.1) is 5.92 Å². The molecule has 2 N–H and O–H groups in total. The first kappa shape index (κ1) is 14.0. The maximum absolute atomic E-state index is 12.1. The first-order valence-electron chi connectivity index (χ1n) is 6.28. The molecule has 1 saturated carbocycles. The summed E-state index contributed by atoms with van der Waals surface area (Å²) in [7, 11) is -1.43. The molecule has 0 aliphatic heterocycles. The highest BCUT2D eigenvalue weighted by atomic mass is 32.2. The predicted octanol–water partition coefficient (Wildman–Crippen LogP) is 1.59. The Kier molecular flexibility index (Phi) is 4.42. The third-order valence-electron chi connectivity index (χ3n) is 3.19. The van der Waals surface area contributed by atoms with Crippen molar-refractivity contribution in [3.05, 3.63) is 17.0 Å². The van der Waals surface area contributed by atoms with Gasteiger partial charge in [-0.1, -0.05) is 0 Å². The molecule has 0 spiro atoms. The maximum Gasteiger partial charge on any atom is 0.250 e. The minimum Gasteiger partial charge on any atom is -0.319 e. The second-order valence-electron chi connectivity index (χ2n) is 4.82. The van der Waals surface area contributed by atoms with E-state index < -0.39 is 10.0 Å². The summed E-state index contributed by atoms with van der Waals surface area (Å²) in [6.07, 6.45) is 3.15. The minimum absolute atomic E-state index is 0.0536. The molecule has 1 aliphatic carbocycles. The molecule has 1 aromatic rings. The first-order valence-corrected chi connectivity index (χ1v) is 8.58. The Morgan fingerprint density at radius 1 is 1.44 bits per heavy atom. The van der Waals surface area contributed by atoms with E-state index in [-0.39, 0.29) is 6.04 Å². The van der Waals surface area contributed by atoms with Crippen LogP contribution in [0.1, 0.15) is 24.6 Å². The molecule has 0 radical (unpaired) electrons. The molecule has 0 amide bonds. The number of nitrogens with one attached hydrogen (secondary N) is 2. The molecule has 1 aromatic heterocycles. The van der Waals surface area contributed by atoms with E-state index in [1.54, 1.807) is 6.07 Å². The van der Waals surface area contributed by atoms with Crippen LogP contribution in [0.2, 0.25) is 0 Å². The summed E-state index contributed by atoms with van der Waals surface area (Å²) in [6, 6.07) is 3.66. The summed E-state index contributed by atoms with van der Waals surface area (Å²) in [5.74, 6) is 0.531. The highest BCUT2D eigenvalue weighted by Gasteiger charge is 2.31. The second-order valence-corrected chi connectivity index (χ2v) is 7.93. The molecule has 1 fully saturated rings. The van der Waals surface area contributed by atoms with Gasteiger partial charge in [-0.2, -0.15) is 0 Å². The molecular weight excluding hydrogens is 268 g/mol. The van der Waals surface area contributed by atoms with Crippen molar-refractivity contribution in [2.75, 3.05) is 13.6 Å². The van der Waals surface area contributed by atoms with Crippen molar-refractivity contribution in [1.82, 2.24) is 10.0 Å². The van der Waals surface area contributed by atoms with Crippen LogP contribution < -0.4 is 10.0 Å². The van der Waals surface area contributed by atoms with E-state index in [0.29, 0.717) is 10.1 Å². The molecule has 1 aliphatic rings. The van der Waals surface area contributed by atoms with Crippen molar-refractivity contribution in [3.63, 3.8) is 0 Å². The molecule has 1 unspecified atom stereocenters. The third-order valence-corrected chi connectivity index (χ3v) is 6.39. The fourth-order valence-electron chi connectivity index (χ4n) is 1.88. The third kappa shape index (κ3) is 3.54. The Morgan fingerprint density at radius 3 is 2.78 bits per heavy atom. The summed E-state index contributed by atoms with van der Waals surface area (Å²) in [5, 5.41) is 3.06. The molecule has 2 rings (SSSR count). The van der Waals surface area contributed by atoms with Gasteiger partial charge in [0.05, 0.1) is 0 Å². The van der Waals surface area contributed by atoms with Crippen molar-refractivity contribution < 1.29 is 8.42 Å². The van der Waals surface area contributed by atoms with Gasteiger partial charge in [-0.25, -0.2) is 13.1 Å². The molecule has 102 valence electrons. The van der Waals surface area contributed by atoms with Gasteiger partial charge in [0, 0.05) is 10.9 Å². The van der Waals surface area contributed by atoms with E-state index in [1.165, 1.54) is 11.3 Å². The zero-order chi connectivity index (χ0) is 13.2. The number of hydrogen-bond donors (Lipinski definition) is 2. The number of rotatable bonds is 7. The molecule has 4 nitrogen and oxygen atoms in total. The van der Waals surface area contributed by atoms with Gasteiger partial charge in [-0.3, -0.25) is 0 Å². The highest BCUT2D eigenvalue weighted by Crippen LogP contribution is 2.33. The minimum atomic E-state index is -3.32. The molecule has 0 aromatic carbocycles. The molecule has 6 heteroatoms. The van der Waals surface area contributed by atoms with Crippen molar-refractivity contribution in [2.24, 2.45) is 5.92 Å². The summed E-state index contributed by atoms with van der Waals surface area (Å²) in [6.45, 7) is 2.82. The highest BCUT2D eigenvalue weighted by molar-refractivity contribution is 7.91. The second kappa shape index (κ2) is 5.69. The lowest BCUT2D eigenvalue weighted by Crippen LogP contribution is -2.33. The Bertz CT molecular complexity index is 492. The molecule has 1 atom stereocenters. The first-order chi connectivity index (χ1) is 8.53. The van der Waals surface area contributed by atoms with Crippen LogP contribution in [0.4, 0.5) is 0 Å². The normalized spacial score (nSPS) is 17.9. The van der Waals surface area contributed by atoms with Crippen molar-refractivity contribution in [2.45, 2.75) is 36.4 Å². The fourth-order valence-corrected chi connectivity index (χ4v) is 4.56. The van der Waals surface area contributed by atoms with Crippen LogP contribution in [0.3, 0.4) is 0 Å². The lowest BCUT2D eigenvalue weighted by Gasteiger charge is -2.11. The summed E-state index contributed by atoms with van der Waals surface area (Å²) in [4.78, 5) is 1.10. The van der Waals surface area contributed by atoms with E-state index in [9.17, 15) is 8.42 Å². The summed E-state index contributed by atoms with van der Waals surface area (Å²) in [5.41, 5.74) is 0. The standard InChI is InChI=1S/C12H20N2O2S2/c1-9(10-3-4-10)14-18(15,16)12-6-5-11(17-12)7-8-13-2/h5-6,9-10,13-14H,3-4,7-8H2,1-2H3. The Labute approximate surface area is 113 Å². The number of likely N-dealkylation sites (N-methyl/N-ethyl adjacent to an activating group) is 1. The number of sulfonamides is 1. The van der Waals surface area contributed by atoms with Crippen molar-refractivity contribution in [1.29, 1.82) is 0 Å². The summed E-state index contributed by atoms with van der Waals surface area (Å²) >= 11 is 1.36. The molecule has 0 bridgehead atoms. The largest absolute Gasteiger partial charge is 0.319 e. The van der Waals surface area contributed by atoms with Crippen LogP contribution in [-0.4, -0.2) is 28.1 Å². The number of hydrogen-bond acceptors (Lipinski definition) is 4. The van der Waals surface area contributed by atoms with E-state index in [1.807, 2.05) is 20.0 Å². The van der Waals surface area contributed by atoms with E-state index in [4.69, 9.17) is 0 Å². The molecular formula is C12H20N2O2S2. The van der Waals surface area contributed by atoms with Gasteiger partial charge in [0.15, 0.2) is 0 Å². The van der Waals surface area contributed by atoms with Crippen LogP contribution in [0.25, 0.3) is 0 Å². The van der Waals surface area contributed by atoms with Gasteiger partial charge in [0.1, 0.15) is 4.21 Å². The smallest absolute Gasteiger partial charge is 0.250 e. The monoisotopic (exact) mass is 288 g/mol. The van der Waals surface area contributed by atoms with Gasteiger partial charge in [0.2, 0.25) is 10.0 Å². The molecule has 1 heterocycles.